The molecule has 104 valence electrons. The van der Waals surface area contributed by atoms with E-state index in [9.17, 15) is 4.39 Å². The van der Waals surface area contributed by atoms with Gasteiger partial charge >= 0.3 is 0 Å². The van der Waals surface area contributed by atoms with Gasteiger partial charge in [0.2, 0.25) is 5.95 Å². The highest BCUT2D eigenvalue weighted by molar-refractivity contribution is 9.10. The lowest BCUT2D eigenvalue weighted by Crippen LogP contribution is -2.08. The van der Waals surface area contributed by atoms with Gasteiger partial charge in [-0.15, -0.1) is 0 Å². The molecule has 0 unspecified atom stereocenters. The summed E-state index contributed by atoms with van der Waals surface area (Å²) in [5.74, 6) is 1.34. The second-order valence-electron chi connectivity index (χ2n) is 4.98. The highest BCUT2D eigenvalue weighted by Crippen LogP contribution is 2.34. The van der Waals surface area contributed by atoms with Gasteiger partial charge in [0, 0.05) is 16.0 Å². The maximum Gasteiger partial charge on any atom is 0.223 e. The molecule has 4 nitrogen and oxygen atoms in total. The van der Waals surface area contributed by atoms with E-state index in [1.807, 2.05) is 0 Å². The van der Waals surface area contributed by atoms with E-state index in [4.69, 9.17) is 5.73 Å². The van der Waals surface area contributed by atoms with E-state index >= 15 is 0 Å². The zero-order chi connectivity index (χ0) is 14.1. The van der Waals surface area contributed by atoms with Crippen molar-refractivity contribution in [2.75, 3.05) is 5.73 Å². The Balaban J connectivity index is 2.06. The average Bonchev–Trinajstić information content (AvgIpc) is 2.95. The first-order valence-corrected chi connectivity index (χ1v) is 7.39. The largest absolute Gasteiger partial charge is 0.368 e. The maximum absolute atomic E-state index is 13.4. The smallest absolute Gasteiger partial charge is 0.223 e. The van der Waals surface area contributed by atoms with Crippen molar-refractivity contribution in [1.82, 2.24) is 15.0 Å². The van der Waals surface area contributed by atoms with Crippen LogP contribution in [-0.2, 0) is 0 Å². The standard InChI is InChI=1S/C14H14BrFN4/c15-11-6-5-9(16)7-10(11)13-18-12(19-14(17)20-13)8-3-1-2-4-8/h5-8H,1-4H2,(H2,17,18,19,20). The van der Waals surface area contributed by atoms with E-state index in [1.54, 1.807) is 6.07 Å². The van der Waals surface area contributed by atoms with Gasteiger partial charge in [-0.3, -0.25) is 0 Å². The van der Waals surface area contributed by atoms with Gasteiger partial charge in [0.05, 0.1) is 0 Å². The number of hydrogen-bond donors (Lipinski definition) is 1. The van der Waals surface area contributed by atoms with Gasteiger partial charge in [0.15, 0.2) is 5.82 Å². The van der Waals surface area contributed by atoms with Crippen LogP contribution in [0.25, 0.3) is 11.4 Å². The Morgan fingerprint density at radius 2 is 1.90 bits per heavy atom. The lowest BCUT2D eigenvalue weighted by molar-refractivity contribution is 0.627. The van der Waals surface area contributed by atoms with Crippen LogP contribution in [0.2, 0.25) is 0 Å². The Hall–Kier alpha value is -1.56. The molecular weight excluding hydrogens is 323 g/mol. The molecule has 1 aromatic heterocycles. The monoisotopic (exact) mass is 336 g/mol. The van der Waals surface area contributed by atoms with Crippen molar-refractivity contribution < 1.29 is 4.39 Å². The zero-order valence-corrected chi connectivity index (χ0v) is 12.4. The zero-order valence-electron chi connectivity index (χ0n) is 10.8. The summed E-state index contributed by atoms with van der Waals surface area (Å²) in [6, 6.07) is 4.42. The molecule has 0 spiro atoms. The summed E-state index contributed by atoms with van der Waals surface area (Å²) >= 11 is 3.39. The fourth-order valence-electron chi connectivity index (χ4n) is 2.57. The fraction of sp³-hybridized carbons (Fsp3) is 0.357. The number of rotatable bonds is 2. The molecule has 1 aliphatic carbocycles. The van der Waals surface area contributed by atoms with E-state index in [2.05, 4.69) is 30.9 Å². The van der Waals surface area contributed by atoms with Gasteiger partial charge < -0.3 is 5.73 Å². The fourth-order valence-corrected chi connectivity index (χ4v) is 2.99. The lowest BCUT2D eigenvalue weighted by Gasteiger charge is -2.10. The Kier molecular flexibility index (Phi) is 3.65. The Morgan fingerprint density at radius 1 is 1.15 bits per heavy atom. The summed E-state index contributed by atoms with van der Waals surface area (Å²) in [5, 5.41) is 0. The quantitative estimate of drug-likeness (QED) is 0.908. The van der Waals surface area contributed by atoms with Crippen molar-refractivity contribution in [3.05, 3.63) is 34.3 Å². The highest BCUT2D eigenvalue weighted by atomic mass is 79.9. The number of nitrogens with two attached hydrogens (primary N) is 1. The lowest BCUT2D eigenvalue weighted by atomic mass is 10.1. The number of anilines is 1. The number of benzene rings is 1. The molecule has 3 rings (SSSR count). The molecule has 0 amide bonds. The minimum absolute atomic E-state index is 0.188. The van der Waals surface area contributed by atoms with E-state index in [-0.39, 0.29) is 11.8 Å². The van der Waals surface area contributed by atoms with Crippen LogP contribution in [0.15, 0.2) is 22.7 Å². The van der Waals surface area contributed by atoms with Crippen LogP contribution in [0, 0.1) is 5.82 Å². The number of hydrogen-bond acceptors (Lipinski definition) is 4. The Morgan fingerprint density at radius 3 is 2.65 bits per heavy atom. The third kappa shape index (κ3) is 2.65. The van der Waals surface area contributed by atoms with Gasteiger partial charge in [-0.25, -0.2) is 9.37 Å². The second kappa shape index (κ2) is 5.44. The van der Waals surface area contributed by atoms with Crippen LogP contribution < -0.4 is 5.73 Å². The van der Waals surface area contributed by atoms with Crippen LogP contribution >= 0.6 is 15.9 Å². The molecule has 2 aromatic rings. The second-order valence-corrected chi connectivity index (χ2v) is 5.84. The summed E-state index contributed by atoms with van der Waals surface area (Å²) in [6.45, 7) is 0. The summed E-state index contributed by atoms with van der Waals surface area (Å²) < 4.78 is 14.1. The molecule has 0 radical (unpaired) electrons. The van der Waals surface area contributed by atoms with Gasteiger partial charge in [-0.2, -0.15) is 9.97 Å². The van der Waals surface area contributed by atoms with Gasteiger partial charge in [0.25, 0.3) is 0 Å². The summed E-state index contributed by atoms with van der Waals surface area (Å²) in [4.78, 5) is 12.9. The molecule has 1 heterocycles. The van der Waals surface area contributed by atoms with Gasteiger partial charge in [-0.05, 0) is 31.0 Å². The number of halogens is 2. The molecule has 6 heteroatoms. The van der Waals surface area contributed by atoms with Crippen molar-refractivity contribution in [2.24, 2.45) is 0 Å². The first-order valence-electron chi connectivity index (χ1n) is 6.60. The van der Waals surface area contributed by atoms with E-state index < -0.39 is 0 Å². The van der Waals surface area contributed by atoms with E-state index in [1.165, 1.54) is 25.0 Å². The Labute approximate surface area is 124 Å². The van der Waals surface area contributed by atoms with Crippen molar-refractivity contribution in [1.29, 1.82) is 0 Å². The summed E-state index contributed by atoms with van der Waals surface area (Å²) in [6.07, 6.45) is 4.53. The molecular formula is C14H14BrFN4. The predicted molar refractivity (Wildman–Crippen MR) is 78.5 cm³/mol. The first-order chi connectivity index (χ1) is 9.63. The van der Waals surface area contributed by atoms with Crippen LogP contribution in [0.3, 0.4) is 0 Å². The topological polar surface area (TPSA) is 64.7 Å². The maximum atomic E-state index is 13.4. The summed E-state index contributed by atoms with van der Waals surface area (Å²) in [5.41, 5.74) is 6.38. The van der Waals surface area contributed by atoms with Gasteiger partial charge in [-0.1, -0.05) is 28.8 Å². The number of nitrogen functional groups attached to an aromatic ring is 1. The molecule has 0 saturated heterocycles. The van der Waals surface area contributed by atoms with Crippen molar-refractivity contribution >= 4 is 21.9 Å². The average molecular weight is 337 g/mol. The molecule has 20 heavy (non-hydrogen) atoms. The van der Waals surface area contributed by atoms with Crippen LogP contribution in [0.1, 0.15) is 37.4 Å². The molecule has 1 aromatic carbocycles. The predicted octanol–water partition coefficient (Wildman–Crippen LogP) is 3.68. The number of aromatic nitrogens is 3. The minimum Gasteiger partial charge on any atom is -0.368 e. The normalized spacial score (nSPS) is 15.7. The minimum atomic E-state index is -0.329. The van der Waals surface area contributed by atoms with Crippen molar-refractivity contribution in [3.63, 3.8) is 0 Å². The summed E-state index contributed by atoms with van der Waals surface area (Å²) in [7, 11) is 0. The van der Waals surface area contributed by atoms with Crippen LogP contribution in [0.5, 0.6) is 0 Å². The molecule has 1 aliphatic rings. The van der Waals surface area contributed by atoms with Crippen LogP contribution in [0.4, 0.5) is 10.3 Å². The number of nitrogens with zero attached hydrogens (tertiary/aromatic N) is 3. The van der Waals surface area contributed by atoms with Crippen LogP contribution in [-0.4, -0.2) is 15.0 Å². The molecule has 1 fully saturated rings. The van der Waals surface area contributed by atoms with Crippen molar-refractivity contribution in [2.45, 2.75) is 31.6 Å². The van der Waals surface area contributed by atoms with E-state index in [0.717, 1.165) is 23.1 Å². The Bertz CT molecular complexity index is 641. The van der Waals surface area contributed by atoms with E-state index in [0.29, 0.717) is 17.3 Å². The molecule has 2 N–H and O–H groups in total. The third-order valence-corrected chi connectivity index (χ3v) is 4.25. The highest BCUT2D eigenvalue weighted by Gasteiger charge is 2.21. The molecule has 0 atom stereocenters. The molecule has 0 aliphatic heterocycles. The third-order valence-electron chi connectivity index (χ3n) is 3.56. The molecule has 1 saturated carbocycles. The first kappa shape index (κ1) is 13.4. The van der Waals surface area contributed by atoms with Gasteiger partial charge in [0.1, 0.15) is 11.6 Å². The molecule has 0 bridgehead atoms. The SMILES string of the molecule is Nc1nc(-c2cc(F)ccc2Br)nc(C2CCCC2)n1. The van der Waals surface area contributed by atoms with Crippen molar-refractivity contribution in [3.8, 4) is 11.4 Å².